The van der Waals surface area contributed by atoms with Gasteiger partial charge in [0.15, 0.2) is 0 Å². The lowest BCUT2D eigenvalue weighted by molar-refractivity contribution is -0.385. The lowest BCUT2D eigenvalue weighted by Crippen LogP contribution is -2.29. The fraction of sp³-hybridized carbons (Fsp3) is 0.222. The highest BCUT2D eigenvalue weighted by Crippen LogP contribution is 2.55. The molecule has 1 heterocycles. The molecule has 2 aromatic rings. The minimum absolute atomic E-state index is 0.0198. The second kappa shape index (κ2) is 5.53. The van der Waals surface area contributed by atoms with E-state index in [0.717, 1.165) is 12.0 Å². The maximum absolute atomic E-state index is 11.4. The van der Waals surface area contributed by atoms with Crippen LogP contribution in [0.3, 0.4) is 0 Å². The van der Waals surface area contributed by atoms with Crippen molar-refractivity contribution in [3.8, 4) is 5.75 Å². The molecule has 5 nitrogen and oxygen atoms in total. The molecule has 2 N–H and O–H groups in total. The van der Waals surface area contributed by atoms with Crippen LogP contribution in [0, 0.1) is 16.0 Å². The second-order valence-electron chi connectivity index (χ2n) is 6.15. The van der Waals surface area contributed by atoms with Crippen LogP contribution < -0.4 is 5.32 Å². The zero-order chi connectivity index (χ0) is 16.8. The third kappa shape index (κ3) is 2.16. The third-order valence-corrected chi connectivity index (χ3v) is 5.26. The van der Waals surface area contributed by atoms with Crippen LogP contribution in [0.25, 0.3) is 0 Å². The van der Waals surface area contributed by atoms with Gasteiger partial charge in [-0.05, 0) is 30.0 Å². The number of nitrogens with zero attached hydrogens (tertiary/aromatic N) is 1. The van der Waals surface area contributed by atoms with E-state index in [1.807, 2.05) is 36.4 Å². The van der Waals surface area contributed by atoms with Gasteiger partial charge in [-0.1, -0.05) is 42.0 Å². The Bertz CT molecular complexity index is 865. The van der Waals surface area contributed by atoms with Crippen LogP contribution in [0.2, 0.25) is 5.02 Å². The number of nitrogens with one attached hydrogen (secondary N) is 1. The number of benzene rings is 2. The Balaban J connectivity index is 1.90. The second-order valence-corrected chi connectivity index (χ2v) is 6.55. The Morgan fingerprint density at radius 3 is 2.79 bits per heavy atom. The van der Waals surface area contributed by atoms with Crippen molar-refractivity contribution in [1.29, 1.82) is 0 Å². The predicted molar refractivity (Wildman–Crippen MR) is 92.6 cm³/mol. The van der Waals surface area contributed by atoms with E-state index >= 15 is 0 Å². The number of allylic oxidation sites excluding steroid dienone is 2. The summed E-state index contributed by atoms with van der Waals surface area (Å²) in [5.74, 6) is 0.0272. The van der Waals surface area contributed by atoms with Gasteiger partial charge in [0.05, 0.1) is 22.2 Å². The normalized spacial score (nSPS) is 24.1. The number of phenolic OH excluding ortho intramolecular Hbond substituents is 1. The molecule has 6 heteroatoms. The highest BCUT2D eigenvalue weighted by molar-refractivity contribution is 6.31. The summed E-state index contributed by atoms with van der Waals surface area (Å²) in [7, 11) is 0. The van der Waals surface area contributed by atoms with Gasteiger partial charge in [-0.15, -0.1) is 0 Å². The number of nitro benzene ring substituents is 1. The molecule has 3 atom stereocenters. The predicted octanol–water partition coefficient (Wildman–Crippen LogP) is 4.78. The summed E-state index contributed by atoms with van der Waals surface area (Å²) >= 11 is 6.37. The van der Waals surface area contributed by atoms with E-state index in [1.54, 1.807) is 0 Å². The first-order chi connectivity index (χ1) is 11.6. The molecule has 2 aromatic carbocycles. The maximum atomic E-state index is 11.4. The molecule has 0 saturated carbocycles. The SMILES string of the molecule is O=[N+]([O-])c1ccc(O)c2c1C1C=CCC1C(c1ccccc1Cl)N2. The van der Waals surface area contributed by atoms with Gasteiger partial charge in [-0.25, -0.2) is 0 Å². The molecule has 0 bridgehead atoms. The zero-order valence-corrected chi connectivity index (χ0v) is 13.4. The summed E-state index contributed by atoms with van der Waals surface area (Å²) < 4.78 is 0. The number of fused-ring (bicyclic) bond motifs is 3. The van der Waals surface area contributed by atoms with Crippen LogP contribution in [0.15, 0.2) is 48.6 Å². The Morgan fingerprint density at radius 2 is 2.04 bits per heavy atom. The van der Waals surface area contributed by atoms with E-state index < -0.39 is 0 Å². The van der Waals surface area contributed by atoms with Crippen molar-refractivity contribution in [3.63, 3.8) is 0 Å². The lowest BCUT2D eigenvalue weighted by Gasteiger charge is -2.37. The molecule has 0 aromatic heterocycles. The minimum Gasteiger partial charge on any atom is -0.506 e. The third-order valence-electron chi connectivity index (χ3n) is 4.91. The van der Waals surface area contributed by atoms with Gasteiger partial charge in [0.25, 0.3) is 5.69 Å². The summed E-state index contributed by atoms with van der Waals surface area (Å²) in [6.07, 6.45) is 4.85. The van der Waals surface area contributed by atoms with E-state index in [-0.39, 0.29) is 34.2 Å². The number of rotatable bonds is 2. The lowest BCUT2D eigenvalue weighted by atomic mass is 9.76. The molecular formula is C18H15ClN2O3. The van der Waals surface area contributed by atoms with Crippen LogP contribution in [0.1, 0.15) is 29.5 Å². The van der Waals surface area contributed by atoms with Crippen molar-refractivity contribution in [2.45, 2.75) is 18.4 Å². The van der Waals surface area contributed by atoms with Crippen LogP contribution in [-0.2, 0) is 0 Å². The quantitative estimate of drug-likeness (QED) is 0.356. The number of aromatic hydroxyl groups is 1. The molecule has 0 spiro atoms. The van der Waals surface area contributed by atoms with Gasteiger partial charge in [0.1, 0.15) is 5.75 Å². The first-order valence-corrected chi connectivity index (χ1v) is 8.13. The number of phenols is 1. The minimum atomic E-state index is -0.390. The van der Waals surface area contributed by atoms with E-state index in [4.69, 9.17) is 11.6 Å². The fourth-order valence-corrected chi connectivity index (χ4v) is 4.12. The molecule has 0 radical (unpaired) electrons. The summed E-state index contributed by atoms with van der Waals surface area (Å²) in [6, 6.07) is 10.2. The molecule has 4 rings (SSSR count). The van der Waals surface area contributed by atoms with Crippen LogP contribution in [-0.4, -0.2) is 10.0 Å². The number of anilines is 1. The van der Waals surface area contributed by atoms with E-state index in [1.165, 1.54) is 12.1 Å². The van der Waals surface area contributed by atoms with Crippen molar-refractivity contribution >= 4 is 23.0 Å². The van der Waals surface area contributed by atoms with Crippen LogP contribution in [0.4, 0.5) is 11.4 Å². The highest BCUT2D eigenvalue weighted by atomic mass is 35.5. The van der Waals surface area contributed by atoms with Gasteiger partial charge >= 0.3 is 0 Å². The average Bonchev–Trinajstić information content (AvgIpc) is 3.05. The van der Waals surface area contributed by atoms with Crippen molar-refractivity contribution in [1.82, 2.24) is 0 Å². The van der Waals surface area contributed by atoms with Crippen LogP contribution >= 0.6 is 11.6 Å². The fourth-order valence-electron chi connectivity index (χ4n) is 3.87. The number of hydrogen-bond acceptors (Lipinski definition) is 4. The topological polar surface area (TPSA) is 75.4 Å². The monoisotopic (exact) mass is 342 g/mol. The summed E-state index contributed by atoms with van der Waals surface area (Å²) in [4.78, 5) is 11.0. The average molecular weight is 343 g/mol. The Labute approximate surface area is 143 Å². The Morgan fingerprint density at radius 1 is 1.25 bits per heavy atom. The van der Waals surface area contributed by atoms with Gasteiger partial charge < -0.3 is 10.4 Å². The van der Waals surface area contributed by atoms with E-state index in [9.17, 15) is 15.2 Å². The van der Waals surface area contributed by atoms with Crippen LogP contribution in [0.5, 0.6) is 5.75 Å². The first kappa shape index (κ1) is 15.0. The molecule has 24 heavy (non-hydrogen) atoms. The molecule has 3 unspecified atom stereocenters. The van der Waals surface area contributed by atoms with Crippen molar-refractivity contribution in [3.05, 3.63) is 74.8 Å². The van der Waals surface area contributed by atoms with E-state index in [2.05, 4.69) is 5.32 Å². The molecular weight excluding hydrogens is 328 g/mol. The molecule has 0 amide bonds. The maximum Gasteiger partial charge on any atom is 0.275 e. The highest BCUT2D eigenvalue weighted by Gasteiger charge is 2.43. The summed E-state index contributed by atoms with van der Waals surface area (Å²) in [5.41, 5.74) is 1.97. The molecule has 0 saturated heterocycles. The Hall–Kier alpha value is -2.53. The molecule has 1 aliphatic heterocycles. The van der Waals surface area contributed by atoms with Crippen molar-refractivity contribution < 1.29 is 10.0 Å². The van der Waals surface area contributed by atoms with Gasteiger partial charge in [-0.2, -0.15) is 0 Å². The molecule has 1 aliphatic carbocycles. The molecule has 2 aliphatic rings. The summed E-state index contributed by atoms with van der Waals surface area (Å²) in [6.45, 7) is 0. The number of hydrogen-bond donors (Lipinski definition) is 2. The number of halogens is 1. The van der Waals surface area contributed by atoms with Gasteiger partial charge in [0, 0.05) is 17.0 Å². The molecule has 122 valence electrons. The van der Waals surface area contributed by atoms with Crippen molar-refractivity contribution in [2.75, 3.05) is 5.32 Å². The largest absolute Gasteiger partial charge is 0.506 e. The number of nitro groups is 1. The van der Waals surface area contributed by atoms with Gasteiger partial charge in [-0.3, -0.25) is 10.1 Å². The smallest absolute Gasteiger partial charge is 0.275 e. The zero-order valence-electron chi connectivity index (χ0n) is 12.6. The standard InChI is InChI=1S/C18H15ClN2O3/c19-13-7-2-1-4-12(13)17-11-6-3-5-10(11)16-14(21(23)24)8-9-15(22)18(16)20-17/h1-5,7-11,17,20,22H,6H2. The molecule has 0 fully saturated rings. The van der Waals surface area contributed by atoms with Gasteiger partial charge in [0.2, 0.25) is 0 Å². The van der Waals surface area contributed by atoms with E-state index in [0.29, 0.717) is 16.3 Å². The first-order valence-electron chi connectivity index (χ1n) is 7.76. The Kier molecular flexibility index (Phi) is 3.46. The summed E-state index contributed by atoms with van der Waals surface area (Å²) in [5, 5.41) is 25.7. The van der Waals surface area contributed by atoms with Crippen molar-refractivity contribution in [2.24, 2.45) is 5.92 Å².